The van der Waals surface area contributed by atoms with Crippen LogP contribution in [0.2, 0.25) is 0 Å². The van der Waals surface area contributed by atoms with Crippen LogP contribution in [0.15, 0.2) is 0 Å². The highest BCUT2D eigenvalue weighted by atomic mass is 14.1. The zero-order chi connectivity index (χ0) is 10.1. The van der Waals surface area contributed by atoms with Crippen molar-refractivity contribution < 1.29 is 0 Å². The van der Waals surface area contributed by atoms with Crippen LogP contribution in [0.25, 0.3) is 0 Å². The van der Waals surface area contributed by atoms with E-state index in [1.54, 1.807) is 0 Å². The highest BCUT2D eigenvalue weighted by molar-refractivity contribution is 4.59. The predicted molar refractivity (Wildman–Crippen MR) is 61.7 cm³/mol. The molecular formula is C13H27. The first-order valence-corrected chi connectivity index (χ1v) is 5.99. The van der Waals surface area contributed by atoms with Crippen molar-refractivity contribution in [3.05, 3.63) is 6.92 Å². The van der Waals surface area contributed by atoms with E-state index in [1.165, 1.54) is 44.9 Å². The van der Waals surface area contributed by atoms with Gasteiger partial charge in [0.05, 0.1) is 0 Å². The van der Waals surface area contributed by atoms with Crippen LogP contribution in [-0.2, 0) is 0 Å². The molecule has 0 nitrogen and oxygen atoms in total. The molecule has 0 saturated heterocycles. The summed E-state index contributed by atoms with van der Waals surface area (Å²) in [6, 6.07) is 0. The van der Waals surface area contributed by atoms with E-state index in [1.807, 2.05) is 0 Å². The molecule has 0 aliphatic heterocycles. The van der Waals surface area contributed by atoms with Crippen molar-refractivity contribution in [3.63, 3.8) is 0 Å². The lowest BCUT2D eigenvalue weighted by atomic mass is 9.94. The van der Waals surface area contributed by atoms with Crippen LogP contribution in [0.4, 0.5) is 0 Å². The Kier molecular flexibility index (Phi) is 8.59. The Bertz CT molecular complexity index is 94.2. The van der Waals surface area contributed by atoms with Crippen molar-refractivity contribution >= 4 is 0 Å². The molecule has 0 heteroatoms. The number of rotatable bonds is 8. The first-order chi connectivity index (χ1) is 6.16. The summed E-state index contributed by atoms with van der Waals surface area (Å²) in [6.07, 6.45) is 9.72. The molecule has 2 atom stereocenters. The molecule has 0 amide bonds. The SMILES string of the molecule is [CH2]C(C)CCC(C)CCCCCC. The second kappa shape index (κ2) is 8.59. The maximum Gasteiger partial charge on any atom is -0.0443 e. The molecule has 79 valence electrons. The molecule has 0 aliphatic carbocycles. The molecule has 0 N–H and O–H groups in total. The van der Waals surface area contributed by atoms with Crippen LogP contribution in [-0.4, -0.2) is 0 Å². The van der Waals surface area contributed by atoms with Gasteiger partial charge >= 0.3 is 0 Å². The Labute approximate surface area is 85.1 Å². The zero-order valence-corrected chi connectivity index (χ0v) is 9.81. The van der Waals surface area contributed by atoms with Gasteiger partial charge in [-0.25, -0.2) is 0 Å². The van der Waals surface area contributed by atoms with E-state index in [2.05, 4.69) is 27.7 Å². The van der Waals surface area contributed by atoms with Crippen LogP contribution in [0, 0.1) is 18.8 Å². The Balaban J connectivity index is 3.15. The summed E-state index contributed by atoms with van der Waals surface area (Å²) in [4.78, 5) is 0. The Morgan fingerprint density at radius 2 is 1.62 bits per heavy atom. The molecule has 0 aromatic carbocycles. The molecule has 0 aromatic rings. The minimum Gasteiger partial charge on any atom is -0.0654 e. The Morgan fingerprint density at radius 1 is 0.923 bits per heavy atom. The van der Waals surface area contributed by atoms with Gasteiger partial charge in [-0.15, -0.1) is 0 Å². The number of hydrogen-bond acceptors (Lipinski definition) is 0. The van der Waals surface area contributed by atoms with Gasteiger partial charge in [-0.05, 0) is 11.8 Å². The normalized spacial score (nSPS) is 13.6. The lowest BCUT2D eigenvalue weighted by Gasteiger charge is -2.12. The summed E-state index contributed by atoms with van der Waals surface area (Å²) in [5, 5.41) is 0. The number of hydrogen-bond donors (Lipinski definition) is 0. The quantitative estimate of drug-likeness (QED) is 0.472. The van der Waals surface area contributed by atoms with E-state index in [-0.39, 0.29) is 0 Å². The van der Waals surface area contributed by atoms with Gasteiger partial charge in [0, 0.05) is 0 Å². The monoisotopic (exact) mass is 183 g/mol. The van der Waals surface area contributed by atoms with Crippen molar-refractivity contribution in [3.8, 4) is 0 Å². The molecule has 0 rings (SSSR count). The fraction of sp³-hybridized carbons (Fsp3) is 0.923. The molecule has 1 radical (unpaired) electrons. The van der Waals surface area contributed by atoms with Crippen molar-refractivity contribution in [1.82, 2.24) is 0 Å². The standard InChI is InChI=1S/C13H27/c1-5-6-7-8-9-13(4)11-10-12(2)3/h12-13H,2,5-11H2,1,3-4H3. The van der Waals surface area contributed by atoms with Gasteiger partial charge in [0.25, 0.3) is 0 Å². The molecule has 0 aliphatic rings. The smallest absolute Gasteiger partial charge is 0.0443 e. The van der Waals surface area contributed by atoms with Gasteiger partial charge in [0.15, 0.2) is 0 Å². The summed E-state index contributed by atoms with van der Waals surface area (Å²) < 4.78 is 0. The largest absolute Gasteiger partial charge is 0.0654 e. The first kappa shape index (κ1) is 13.0. The second-order valence-corrected chi connectivity index (χ2v) is 4.64. The van der Waals surface area contributed by atoms with Gasteiger partial charge in [0.1, 0.15) is 0 Å². The van der Waals surface area contributed by atoms with E-state index < -0.39 is 0 Å². The summed E-state index contributed by atoms with van der Waals surface area (Å²) in [6.45, 7) is 10.9. The van der Waals surface area contributed by atoms with Crippen LogP contribution in [0.5, 0.6) is 0 Å². The van der Waals surface area contributed by atoms with Crippen LogP contribution < -0.4 is 0 Å². The lowest BCUT2D eigenvalue weighted by Crippen LogP contribution is -1.98. The maximum absolute atomic E-state index is 4.02. The van der Waals surface area contributed by atoms with E-state index in [9.17, 15) is 0 Å². The fourth-order valence-corrected chi connectivity index (χ4v) is 1.63. The van der Waals surface area contributed by atoms with Crippen molar-refractivity contribution in [2.45, 2.75) is 65.7 Å². The van der Waals surface area contributed by atoms with Gasteiger partial charge < -0.3 is 0 Å². The molecule has 13 heavy (non-hydrogen) atoms. The third-order valence-electron chi connectivity index (χ3n) is 2.70. The van der Waals surface area contributed by atoms with E-state index >= 15 is 0 Å². The topological polar surface area (TPSA) is 0 Å². The van der Waals surface area contributed by atoms with Gasteiger partial charge in [-0.1, -0.05) is 72.6 Å². The van der Waals surface area contributed by atoms with Crippen LogP contribution >= 0.6 is 0 Å². The first-order valence-electron chi connectivity index (χ1n) is 5.99. The highest BCUT2D eigenvalue weighted by Crippen LogP contribution is 2.17. The highest BCUT2D eigenvalue weighted by Gasteiger charge is 2.03. The Morgan fingerprint density at radius 3 is 2.15 bits per heavy atom. The average molecular weight is 183 g/mol. The molecule has 0 saturated carbocycles. The minimum atomic E-state index is 0.637. The van der Waals surface area contributed by atoms with E-state index in [4.69, 9.17) is 0 Å². The molecule has 0 aromatic heterocycles. The second-order valence-electron chi connectivity index (χ2n) is 4.64. The fourth-order valence-electron chi connectivity index (χ4n) is 1.63. The van der Waals surface area contributed by atoms with E-state index in [0.717, 1.165) is 5.92 Å². The predicted octanol–water partition coefficient (Wildman–Crippen LogP) is 4.84. The van der Waals surface area contributed by atoms with Crippen LogP contribution in [0.3, 0.4) is 0 Å². The van der Waals surface area contributed by atoms with Crippen LogP contribution in [0.1, 0.15) is 65.7 Å². The third-order valence-corrected chi connectivity index (χ3v) is 2.70. The molecule has 0 bridgehead atoms. The van der Waals surface area contributed by atoms with Gasteiger partial charge in [-0.3, -0.25) is 0 Å². The number of unbranched alkanes of at least 4 members (excludes halogenated alkanes) is 3. The van der Waals surface area contributed by atoms with Crippen molar-refractivity contribution in [2.24, 2.45) is 11.8 Å². The molecule has 0 fully saturated rings. The Hall–Kier alpha value is 0. The maximum atomic E-state index is 4.02. The van der Waals surface area contributed by atoms with Crippen molar-refractivity contribution in [2.75, 3.05) is 0 Å². The lowest BCUT2D eigenvalue weighted by molar-refractivity contribution is 0.423. The minimum absolute atomic E-state index is 0.637. The summed E-state index contributed by atoms with van der Waals surface area (Å²) >= 11 is 0. The molecular weight excluding hydrogens is 156 g/mol. The zero-order valence-electron chi connectivity index (χ0n) is 9.81. The summed E-state index contributed by atoms with van der Waals surface area (Å²) in [7, 11) is 0. The molecule has 2 unspecified atom stereocenters. The molecule has 0 heterocycles. The van der Waals surface area contributed by atoms with Gasteiger partial charge in [0.2, 0.25) is 0 Å². The average Bonchev–Trinajstić information content (AvgIpc) is 2.09. The third kappa shape index (κ3) is 9.92. The molecule has 0 spiro atoms. The van der Waals surface area contributed by atoms with E-state index in [0.29, 0.717) is 5.92 Å². The summed E-state index contributed by atoms with van der Waals surface area (Å²) in [5.74, 6) is 1.55. The summed E-state index contributed by atoms with van der Waals surface area (Å²) in [5.41, 5.74) is 0. The van der Waals surface area contributed by atoms with Crippen molar-refractivity contribution in [1.29, 1.82) is 0 Å². The van der Waals surface area contributed by atoms with Gasteiger partial charge in [-0.2, -0.15) is 0 Å².